The van der Waals surface area contributed by atoms with Crippen molar-refractivity contribution in [3.63, 3.8) is 0 Å². The first-order chi connectivity index (χ1) is 11.7. The van der Waals surface area contributed by atoms with E-state index in [1.807, 2.05) is 25.1 Å². The van der Waals surface area contributed by atoms with Crippen LogP contribution in [0.2, 0.25) is 0 Å². The number of benzene rings is 1. The van der Waals surface area contributed by atoms with E-state index in [2.05, 4.69) is 22.2 Å². The molecule has 0 saturated heterocycles. The van der Waals surface area contributed by atoms with E-state index in [-0.39, 0.29) is 5.91 Å². The van der Waals surface area contributed by atoms with E-state index in [9.17, 15) is 4.79 Å². The van der Waals surface area contributed by atoms with Crippen molar-refractivity contribution < 1.29 is 9.53 Å². The summed E-state index contributed by atoms with van der Waals surface area (Å²) in [6.07, 6.45) is 4.81. The van der Waals surface area contributed by atoms with Crippen LogP contribution in [0.3, 0.4) is 0 Å². The van der Waals surface area contributed by atoms with Gasteiger partial charge in [0.15, 0.2) is 5.16 Å². The van der Waals surface area contributed by atoms with Crippen molar-refractivity contribution in [2.75, 3.05) is 12.4 Å². The average molecular weight is 347 g/mol. The van der Waals surface area contributed by atoms with Crippen LogP contribution in [0.25, 0.3) is 11.0 Å². The predicted molar refractivity (Wildman–Crippen MR) is 97.5 cm³/mol. The van der Waals surface area contributed by atoms with E-state index in [0.717, 1.165) is 28.4 Å². The summed E-state index contributed by atoms with van der Waals surface area (Å²) in [5.74, 6) is 1.89. The van der Waals surface area contributed by atoms with Crippen molar-refractivity contribution in [3.05, 3.63) is 18.2 Å². The van der Waals surface area contributed by atoms with Crippen LogP contribution >= 0.6 is 11.8 Å². The fourth-order valence-electron chi connectivity index (χ4n) is 3.20. The molecule has 1 aliphatic carbocycles. The molecule has 1 fully saturated rings. The molecule has 0 aliphatic heterocycles. The monoisotopic (exact) mass is 347 g/mol. The number of H-pyrrole nitrogens is 1. The Labute approximate surface area is 146 Å². The number of fused-ring (bicyclic) bond motifs is 1. The zero-order chi connectivity index (χ0) is 16.9. The molecular formula is C18H25N3O2S. The van der Waals surface area contributed by atoms with Gasteiger partial charge in [0, 0.05) is 12.1 Å². The number of carbonyl (C=O) groups excluding carboxylic acids is 1. The van der Waals surface area contributed by atoms with Crippen molar-refractivity contribution in [3.8, 4) is 5.75 Å². The molecule has 0 radical (unpaired) electrons. The highest BCUT2D eigenvalue weighted by molar-refractivity contribution is 7.99. The average Bonchev–Trinajstić information content (AvgIpc) is 2.98. The maximum absolute atomic E-state index is 12.2. The SMILES string of the molecule is CCOc1ccc2nc(SCC(=O)N[C@@H]3CCCC[C@@H]3C)[nH]c2c1. The molecular weight excluding hydrogens is 322 g/mol. The molecule has 1 aliphatic rings. The summed E-state index contributed by atoms with van der Waals surface area (Å²) in [4.78, 5) is 20.0. The number of aromatic amines is 1. The fraction of sp³-hybridized carbons (Fsp3) is 0.556. The molecule has 3 rings (SSSR count). The minimum atomic E-state index is 0.0919. The molecule has 2 aromatic rings. The molecule has 24 heavy (non-hydrogen) atoms. The molecule has 1 amide bonds. The minimum Gasteiger partial charge on any atom is -0.494 e. The van der Waals surface area contributed by atoms with Gasteiger partial charge in [0.25, 0.3) is 0 Å². The Bertz CT molecular complexity index is 701. The van der Waals surface area contributed by atoms with Gasteiger partial charge in [-0.15, -0.1) is 0 Å². The largest absolute Gasteiger partial charge is 0.494 e. The maximum Gasteiger partial charge on any atom is 0.230 e. The number of nitrogens with one attached hydrogen (secondary N) is 2. The lowest BCUT2D eigenvalue weighted by molar-refractivity contribution is -0.119. The minimum absolute atomic E-state index is 0.0919. The van der Waals surface area contributed by atoms with Gasteiger partial charge in [-0.2, -0.15) is 0 Å². The number of aromatic nitrogens is 2. The molecule has 0 spiro atoms. The van der Waals surface area contributed by atoms with E-state index in [0.29, 0.717) is 24.3 Å². The van der Waals surface area contributed by atoms with Crippen LogP contribution in [-0.2, 0) is 4.79 Å². The third-order valence-electron chi connectivity index (χ3n) is 4.54. The first-order valence-corrected chi connectivity index (χ1v) is 9.69. The van der Waals surface area contributed by atoms with Crippen LogP contribution in [0.1, 0.15) is 39.5 Å². The molecule has 6 heteroatoms. The number of carbonyl (C=O) groups is 1. The number of hydrogen-bond donors (Lipinski definition) is 2. The summed E-state index contributed by atoms with van der Waals surface area (Å²) in [5.41, 5.74) is 1.83. The summed E-state index contributed by atoms with van der Waals surface area (Å²) in [6.45, 7) is 4.83. The van der Waals surface area contributed by atoms with Crippen molar-refractivity contribution in [2.45, 2.75) is 50.7 Å². The first kappa shape index (κ1) is 17.1. The van der Waals surface area contributed by atoms with Crippen LogP contribution in [0, 0.1) is 5.92 Å². The summed E-state index contributed by atoms with van der Waals surface area (Å²) in [5, 5.41) is 3.95. The van der Waals surface area contributed by atoms with Crippen LogP contribution < -0.4 is 10.1 Å². The van der Waals surface area contributed by atoms with Gasteiger partial charge >= 0.3 is 0 Å². The van der Waals surface area contributed by atoms with E-state index < -0.39 is 0 Å². The number of hydrogen-bond acceptors (Lipinski definition) is 4. The molecule has 130 valence electrons. The van der Waals surface area contributed by atoms with E-state index in [1.165, 1.54) is 31.0 Å². The molecule has 2 N–H and O–H groups in total. The van der Waals surface area contributed by atoms with Crippen molar-refractivity contribution in [1.29, 1.82) is 0 Å². The van der Waals surface area contributed by atoms with Gasteiger partial charge < -0.3 is 15.0 Å². The highest BCUT2D eigenvalue weighted by Gasteiger charge is 2.22. The smallest absolute Gasteiger partial charge is 0.230 e. The quantitative estimate of drug-likeness (QED) is 0.781. The van der Waals surface area contributed by atoms with Gasteiger partial charge in [-0.25, -0.2) is 4.98 Å². The number of thioether (sulfide) groups is 1. The molecule has 1 heterocycles. The van der Waals surface area contributed by atoms with Gasteiger partial charge in [0.1, 0.15) is 5.75 Å². The Morgan fingerprint density at radius 3 is 3.04 bits per heavy atom. The molecule has 5 nitrogen and oxygen atoms in total. The van der Waals surface area contributed by atoms with Crippen molar-refractivity contribution in [1.82, 2.24) is 15.3 Å². The lowest BCUT2D eigenvalue weighted by atomic mass is 9.86. The number of ether oxygens (including phenoxy) is 1. The normalized spacial score (nSPS) is 20.9. The lowest BCUT2D eigenvalue weighted by Crippen LogP contribution is -2.41. The Balaban J connectivity index is 1.55. The van der Waals surface area contributed by atoms with Gasteiger partial charge in [0.2, 0.25) is 5.91 Å². The fourth-order valence-corrected chi connectivity index (χ4v) is 3.90. The summed E-state index contributed by atoms with van der Waals surface area (Å²) in [6, 6.07) is 6.12. The summed E-state index contributed by atoms with van der Waals surface area (Å²) >= 11 is 1.44. The van der Waals surface area contributed by atoms with Crippen LogP contribution in [0.15, 0.2) is 23.4 Å². The molecule has 0 unspecified atom stereocenters. The number of nitrogens with zero attached hydrogens (tertiary/aromatic N) is 1. The van der Waals surface area contributed by atoms with Crippen molar-refractivity contribution in [2.24, 2.45) is 5.92 Å². The number of amides is 1. The Kier molecular flexibility index (Phi) is 5.66. The second-order valence-electron chi connectivity index (χ2n) is 6.38. The second-order valence-corrected chi connectivity index (χ2v) is 7.34. The van der Waals surface area contributed by atoms with Crippen LogP contribution in [0.5, 0.6) is 5.75 Å². The third kappa shape index (κ3) is 4.23. The van der Waals surface area contributed by atoms with Gasteiger partial charge in [0.05, 0.1) is 23.4 Å². The van der Waals surface area contributed by atoms with E-state index >= 15 is 0 Å². The van der Waals surface area contributed by atoms with Crippen LogP contribution in [-0.4, -0.2) is 34.3 Å². The highest BCUT2D eigenvalue weighted by Crippen LogP contribution is 2.25. The number of imidazole rings is 1. The van der Waals surface area contributed by atoms with Gasteiger partial charge in [-0.05, 0) is 37.8 Å². The standard InChI is InChI=1S/C18H25N3O2S/c1-3-23-13-8-9-15-16(10-13)21-18(20-15)24-11-17(22)19-14-7-5-4-6-12(14)2/h8-10,12,14H,3-7,11H2,1-2H3,(H,19,22)(H,20,21)/t12-,14+/m0/s1. The van der Waals surface area contributed by atoms with E-state index in [4.69, 9.17) is 4.74 Å². The zero-order valence-electron chi connectivity index (χ0n) is 14.3. The zero-order valence-corrected chi connectivity index (χ0v) is 15.1. The summed E-state index contributed by atoms with van der Waals surface area (Å²) in [7, 11) is 0. The maximum atomic E-state index is 12.2. The topological polar surface area (TPSA) is 67.0 Å². The molecule has 0 bridgehead atoms. The number of rotatable bonds is 6. The molecule has 1 saturated carbocycles. The Hall–Kier alpha value is -1.69. The Morgan fingerprint density at radius 1 is 1.42 bits per heavy atom. The first-order valence-electron chi connectivity index (χ1n) is 8.70. The Morgan fingerprint density at radius 2 is 2.25 bits per heavy atom. The van der Waals surface area contributed by atoms with Gasteiger partial charge in [-0.3, -0.25) is 4.79 Å². The molecule has 1 aromatic heterocycles. The van der Waals surface area contributed by atoms with E-state index in [1.54, 1.807) is 0 Å². The van der Waals surface area contributed by atoms with Crippen LogP contribution in [0.4, 0.5) is 0 Å². The van der Waals surface area contributed by atoms with Crippen molar-refractivity contribution >= 4 is 28.7 Å². The third-order valence-corrected chi connectivity index (χ3v) is 5.41. The molecule has 1 aromatic carbocycles. The predicted octanol–water partition coefficient (Wildman–Crippen LogP) is 3.75. The molecule has 2 atom stereocenters. The highest BCUT2D eigenvalue weighted by atomic mass is 32.2. The second kappa shape index (κ2) is 7.92. The van der Waals surface area contributed by atoms with Gasteiger partial charge in [-0.1, -0.05) is 31.5 Å². The lowest BCUT2D eigenvalue weighted by Gasteiger charge is -2.29. The summed E-state index contributed by atoms with van der Waals surface area (Å²) < 4.78 is 5.50.